The molecule has 0 spiro atoms. The van der Waals surface area contributed by atoms with E-state index in [0.717, 1.165) is 0 Å². The summed E-state index contributed by atoms with van der Waals surface area (Å²) in [4.78, 5) is 39.0. The van der Waals surface area contributed by atoms with Crippen LogP contribution in [0.25, 0.3) is 0 Å². The molecule has 0 N–H and O–H groups in total. The zero-order chi connectivity index (χ0) is 20.3. The second-order valence-electron chi connectivity index (χ2n) is 6.75. The zero-order valence-corrected chi connectivity index (χ0v) is 16.3. The monoisotopic (exact) mass is 399 g/mol. The van der Waals surface area contributed by atoms with E-state index in [2.05, 4.69) is 0 Å². The van der Waals surface area contributed by atoms with Crippen LogP contribution in [-0.2, 0) is 9.84 Å². The van der Waals surface area contributed by atoms with Crippen LogP contribution in [0.3, 0.4) is 0 Å². The van der Waals surface area contributed by atoms with E-state index in [1.807, 2.05) is 0 Å². The fraction of sp³-hybridized carbons (Fsp3) is 0.286. The minimum atomic E-state index is -3.10. The molecule has 0 aromatic heterocycles. The number of nitrogens with zero attached hydrogens (tertiary/aromatic N) is 1. The Morgan fingerprint density at radius 3 is 1.93 bits per heavy atom. The highest BCUT2D eigenvalue weighted by Gasteiger charge is 2.34. The van der Waals surface area contributed by atoms with Crippen LogP contribution >= 0.6 is 0 Å². The second-order valence-corrected chi connectivity index (χ2v) is 8.98. The number of carbonyl (C=O) groups is 3. The number of sulfone groups is 1. The maximum absolute atomic E-state index is 12.8. The Bertz CT molecular complexity index is 997. The lowest BCUT2D eigenvalue weighted by molar-refractivity contribution is 0.0708. The Morgan fingerprint density at radius 2 is 1.43 bits per heavy atom. The Morgan fingerprint density at radius 1 is 0.893 bits per heavy atom. The Hall–Kier alpha value is -2.80. The van der Waals surface area contributed by atoms with Crippen molar-refractivity contribution in [3.63, 3.8) is 0 Å². The third-order valence-corrected chi connectivity index (χ3v) is 6.64. The van der Waals surface area contributed by atoms with Crippen molar-refractivity contribution < 1.29 is 22.8 Å². The van der Waals surface area contributed by atoms with Crippen molar-refractivity contribution in [2.24, 2.45) is 0 Å². The van der Waals surface area contributed by atoms with E-state index in [1.54, 1.807) is 42.2 Å². The molecule has 0 aliphatic carbocycles. The first-order chi connectivity index (χ1) is 13.3. The average molecular weight is 399 g/mol. The van der Waals surface area contributed by atoms with Crippen LogP contribution in [0.5, 0.6) is 0 Å². The van der Waals surface area contributed by atoms with Gasteiger partial charge in [-0.1, -0.05) is 42.5 Å². The molecule has 1 amide bonds. The lowest BCUT2D eigenvalue weighted by Gasteiger charge is -2.27. The molecular weight excluding hydrogens is 378 g/mol. The van der Waals surface area contributed by atoms with Gasteiger partial charge < -0.3 is 4.90 Å². The van der Waals surface area contributed by atoms with Gasteiger partial charge in [-0.25, -0.2) is 8.42 Å². The van der Waals surface area contributed by atoms with Crippen molar-refractivity contribution in [1.29, 1.82) is 0 Å². The molecule has 7 heteroatoms. The number of amides is 1. The van der Waals surface area contributed by atoms with Gasteiger partial charge in [0.15, 0.2) is 9.84 Å². The number of rotatable bonds is 6. The van der Waals surface area contributed by atoms with E-state index < -0.39 is 21.4 Å². The molecule has 146 valence electrons. The smallest absolute Gasteiger partial charge is 0.254 e. The van der Waals surface area contributed by atoms with Gasteiger partial charge in [0.25, 0.3) is 5.91 Å². The third kappa shape index (κ3) is 4.20. The highest BCUT2D eigenvalue weighted by atomic mass is 32.2. The fourth-order valence-electron chi connectivity index (χ4n) is 3.37. The molecule has 28 heavy (non-hydrogen) atoms. The standard InChI is InChI=1S/C21H21NO5S/c1-2-22(18-12-13-28(26,27)14-18)21(25)17-10-8-16(9-11-17)20(24)19(23)15-6-4-3-5-7-15/h3-11,18H,2,12-14H2,1H3. The summed E-state index contributed by atoms with van der Waals surface area (Å²) in [7, 11) is -3.10. The van der Waals surface area contributed by atoms with E-state index in [0.29, 0.717) is 24.1 Å². The van der Waals surface area contributed by atoms with Gasteiger partial charge >= 0.3 is 0 Å². The van der Waals surface area contributed by atoms with Crippen molar-refractivity contribution >= 4 is 27.3 Å². The molecule has 1 unspecified atom stereocenters. The zero-order valence-electron chi connectivity index (χ0n) is 15.5. The van der Waals surface area contributed by atoms with Crippen molar-refractivity contribution in [3.8, 4) is 0 Å². The van der Waals surface area contributed by atoms with Crippen LogP contribution in [-0.4, -0.2) is 54.9 Å². The number of Topliss-reactive ketones (excluding diaryl/α,β-unsaturated/α-hetero) is 2. The van der Waals surface area contributed by atoms with E-state index in [-0.39, 0.29) is 29.0 Å². The molecule has 6 nitrogen and oxygen atoms in total. The largest absolute Gasteiger partial charge is 0.335 e. The second kappa shape index (κ2) is 8.06. The summed E-state index contributed by atoms with van der Waals surface area (Å²) in [5.74, 6) is -1.45. The average Bonchev–Trinajstić information content (AvgIpc) is 3.07. The number of benzene rings is 2. The molecule has 2 aromatic carbocycles. The normalized spacial score (nSPS) is 17.8. The molecule has 0 saturated carbocycles. The molecule has 1 aliphatic heterocycles. The molecule has 0 radical (unpaired) electrons. The van der Waals surface area contributed by atoms with Gasteiger partial charge in [-0.3, -0.25) is 14.4 Å². The minimum absolute atomic E-state index is 0.0191. The lowest BCUT2D eigenvalue weighted by Crippen LogP contribution is -2.41. The van der Waals surface area contributed by atoms with Crippen LogP contribution in [0.2, 0.25) is 0 Å². The van der Waals surface area contributed by atoms with Crippen LogP contribution in [0.15, 0.2) is 54.6 Å². The van der Waals surface area contributed by atoms with Crippen molar-refractivity contribution in [2.45, 2.75) is 19.4 Å². The van der Waals surface area contributed by atoms with Gasteiger partial charge in [-0.2, -0.15) is 0 Å². The summed E-state index contributed by atoms with van der Waals surface area (Å²) in [6.07, 6.45) is 0.435. The van der Waals surface area contributed by atoms with Crippen LogP contribution in [0.4, 0.5) is 0 Å². The first-order valence-electron chi connectivity index (χ1n) is 9.08. The number of hydrogen-bond acceptors (Lipinski definition) is 5. The summed E-state index contributed by atoms with van der Waals surface area (Å²) in [5, 5.41) is 0. The Kier molecular flexibility index (Phi) is 5.74. The van der Waals surface area contributed by atoms with E-state index in [4.69, 9.17) is 0 Å². The number of hydrogen-bond donors (Lipinski definition) is 0. The molecule has 1 saturated heterocycles. The lowest BCUT2D eigenvalue weighted by atomic mass is 10.0. The van der Waals surface area contributed by atoms with Gasteiger partial charge in [0.1, 0.15) is 0 Å². The van der Waals surface area contributed by atoms with Crippen LogP contribution in [0.1, 0.15) is 44.4 Å². The molecule has 1 atom stereocenters. The predicted octanol–water partition coefficient (Wildman–Crippen LogP) is 2.40. The van der Waals surface area contributed by atoms with Gasteiger partial charge in [-0.15, -0.1) is 0 Å². The Balaban J connectivity index is 1.75. The molecule has 3 rings (SSSR count). The fourth-order valence-corrected chi connectivity index (χ4v) is 5.10. The highest BCUT2D eigenvalue weighted by Crippen LogP contribution is 2.20. The van der Waals surface area contributed by atoms with Crippen molar-refractivity contribution in [3.05, 3.63) is 71.3 Å². The minimum Gasteiger partial charge on any atom is -0.335 e. The predicted molar refractivity (Wildman–Crippen MR) is 105 cm³/mol. The molecule has 1 fully saturated rings. The van der Waals surface area contributed by atoms with E-state index in [9.17, 15) is 22.8 Å². The SMILES string of the molecule is CCN(C(=O)c1ccc(C(=O)C(=O)c2ccccc2)cc1)C1CCS(=O)(=O)C1. The van der Waals surface area contributed by atoms with Crippen LogP contribution < -0.4 is 0 Å². The summed E-state index contributed by atoms with van der Waals surface area (Å²) >= 11 is 0. The van der Waals surface area contributed by atoms with Crippen molar-refractivity contribution in [2.75, 3.05) is 18.1 Å². The van der Waals surface area contributed by atoms with Gasteiger partial charge in [0, 0.05) is 29.3 Å². The molecule has 2 aromatic rings. The number of carbonyl (C=O) groups excluding carboxylic acids is 3. The summed E-state index contributed by atoms with van der Waals surface area (Å²) < 4.78 is 23.4. The quantitative estimate of drug-likeness (QED) is 0.550. The summed E-state index contributed by atoms with van der Waals surface area (Å²) in [6.45, 7) is 2.20. The van der Waals surface area contributed by atoms with Gasteiger partial charge in [-0.05, 0) is 25.5 Å². The highest BCUT2D eigenvalue weighted by molar-refractivity contribution is 7.91. The molecular formula is C21H21NO5S. The first kappa shape index (κ1) is 19.9. The Labute approximate surface area is 164 Å². The molecule has 1 aliphatic rings. The van der Waals surface area contributed by atoms with Crippen molar-refractivity contribution in [1.82, 2.24) is 4.90 Å². The topological polar surface area (TPSA) is 88.6 Å². The summed E-state index contributed by atoms with van der Waals surface area (Å²) in [5.41, 5.74) is 0.874. The summed E-state index contributed by atoms with van der Waals surface area (Å²) in [6, 6.07) is 13.9. The van der Waals surface area contributed by atoms with Gasteiger partial charge in [0.2, 0.25) is 11.6 Å². The maximum atomic E-state index is 12.8. The van der Waals surface area contributed by atoms with E-state index in [1.165, 1.54) is 24.3 Å². The maximum Gasteiger partial charge on any atom is 0.254 e. The van der Waals surface area contributed by atoms with Gasteiger partial charge in [0.05, 0.1) is 11.5 Å². The third-order valence-electron chi connectivity index (χ3n) is 4.89. The van der Waals surface area contributed by atoms with E-state index >= 15 is 0 Å². The first-order valence-corrected chi connectivity index (χ1v) is 10.9. The molecule has 0 bridgehead atoms. The van der Waals surface area contributed by atoms with Crippen LogP contribution in [0, 0.1) is 0 Å². The molecule has 1 heterocycles. The number of ketones is 2.